The number of hydrogen-bond acceptors (Lipinski definition) is 4. The molecule has 0 radical (unpaired) electrons. The van der Waals surface area contributed by atoms with E-state index in [-0.39, 0.29) is 23.2 Å². The van der Waals surface area contributed by atoms with Gasteiger partial charge in [-0.05, 0) is 35.4 Å². The van der Waals surface area contributed by atoms with E-state index in [0.29, 0.717) is 18.0 Å². The number of hydrogen-bond donors (Lipinski definition) is 0. The molecule has 0 unspecified atom stereocenters. The van der Waals surface area contributed by atoms with Gasteiger partial charge >= 0.3 is 0 Å². The SMILES string of the molecule is O=C(C1=C(c2ccccc2)SCCO1)N(Cc1ccc(F)cc1Cl)c1ccccn1. The molecule has 1 aliphatic heterocycles. The zero-order valence-electron chi connectivity index (χ0n) is 15.9. The van der Waals surface area contributed by atoms with Crippen LogP contribution in [0.3, 0.4) is 0 Å². The first-order chi connectivity index (χ1) is 14.6. The van der Waals surface area contributed by atoms with Gasteiger partial charge in [-0.3, -0.25) is 9.69 Å². The van der Waals surface area contributed by atoms with E-state index in [4.69, 9.17) is 16.3 Å². The average Bonchev–Trinajstić information content (AvgIpc) is 2.79. The molecule has 2 aromatic carbocycles. The summed E-state index contributed by atoms with van der Waals surface area (Å²) in [5, 5.41) is 0.250. The molecule has 3 aromatic rings. The second-order valence-electron chi connectivity index (χ2n) is 6.54. The number of carbonyl (C=O) groups is 1. The summed E-state index contributed by atoms with van der Waals surface area (Å²) >= 11 is 7.82. The molecule has 2 heterocycles. The van der Waals surface area contributed by atoms with Crippen molar-refractivity contribution in [3.05, 3.63) is 101 Å². The standard InChI is InChI=1S/C23H18ClFN2O2S/c24-19-14-18(25)10-9-17(19)15-27(20-8-4-5-11-26-20)23(28)21-22(30-13-12-29-21)16-6-2-1-3-7-16/h1-11,14H,12-13,15H2. The summed E-state index contributed by atoms with van der Waals surface area (Å²) in [5.74, 6) is 0.748. The van der Waals surface area contributed by atoms with Gasteiger partial charge in [-0.25, -0.2) is 9.37 Å². The summed E-state index contributed by atoms with van der Waals surface area (Å²) in [6, 6.07) is 19.1. The van der Waals surface area contributed by atoms with E-state index in [9.17, 15) is 9.18 Å². The average molecular weight is 441 g/mol. The number of aromatic nitrogens is 1. The summed E-state index contributed by atoms with van der Waals surface area (Å²) in [4.78, 5) is 20.3. The third-order valence-corrected chi connectivity index (χ3v) is 5.96. The highest BCUT2D eigenvalue weighted by atomic mass is 35.5. The Kier molecular flexibility index (Phi) is 6.35. The van der Waals surface area contributed by atoms with Crippen LogP contribution in [0.15, 0.2) is 78.7 Å². The molecule has 0 saturated heterocycles. The molecule has 7 heteroatoms. The topological polar surface area (TPSA) is 42.4 Å². The quantitative estimate of drug-likeness (QED) is 0.522. The maximum Gasteiger partial charge on any atom is 0.296 e. The molecule has 4 nitrogen and oxygen atoms in total. The predicted molar refractivity (Wildman–Crippen MR) is 119 cm³/mol. The number of ether oxygens (including phenoxy) is 1. The molecule has 0 bridgehead atoms. The fraction of sp³-hybridized carbons (Fsp3) is 0.130. The van der Waals surface area contributed by atoms with E-state index in [1.165, 1.54) is 17.0 Å². The van der Waals surface area contributed by atoms with E-state index in [1.54, 1.807) is 42.2 Å². The minimum absolute atomic E-state index is 0.133. The summed E-state index contributed by atoms with van der Waals surface area (Å²) in [5.41, 5.74) is 1.54. The van der Waals surface area contributed by atoms with E-state index >= 15 is 0 Å². The predicted octanol–water partition coefficient (Wildman–Crippen LogP) is 5.54. The molecule has 0 N–H and O–H groups in total. The normalized spacial score (nSPS) is 13.7. The fourth-order valence-electron chi connectivity index (χ4n) is 3.09. The van der Waals surface area contributed by atoms with Gasteiger partial charge in [-0.15, -0.1) is 11.8 Å². The van der Waals surface area contributed by atoms with Gasteiger partial charge in [0.15, 0.2) is 5.76 Å². The summed E-state index contributed by atoms with van der Waals surface area (Å²) < 4.78 is 19.3. The van der Waals surface area contributed by atoms with Crippen LogP contribution in [0.4, 0.5) is 10.2 Å². The number of benzene rings is 2. The van der Waals surface area contributed by atoms with Crippen LogP contribution in [-0.4, -0.2) is 23.3 Å². The van der Waals surface area contributed by atoms with Crippen LogP contribution in [0.1, 0.15) is 11.1 Å². The Bertz CT molecular complexity index is 1080. The molecule has 4 rings (SSSR count). The maximum atomic E-state index is 13.6. The van der Waals surface area contributed by atoms with Crippen LogP contribution in [0.25, 0.3) is 4.91 Å². The number of nitrogens with zero attached hydrogens (tertiary/aromatic N) is 2. The number of anilines is 1. The van der Waals surface area contributed by atoms with Crippen molar-refractivity contribution in [3.8, 4) is 0 Å². The maximum absolute atomic E-state index is 13.6. The molecular formula is C23H18ClFN2O2S. The van der Waals surface area contributed by atoms with Gasteiger partial charge in [0.25, 0.3) is 5.91 Å². The molecule has 0 atom stereocenters. The van der Waals surface area contributed by atoms with Gasteiger partial charge in [0.05, 0.1) is 18.1 Å². The first-order valence-corrected chi connectivity index (χ1v) is 10.7. The van der Waals surface area contributed by atoms with Crippen LogP contribution in [-0.2, 0) is 16.1 Å². The van der Waals surface area contributed by atoms with Gasteiger partial charge in [0, 0.05) is 17.0 Å². The molecule has 1 aliphatic rings. The summed E-state index contributed by atoms with van der Waals surface area (Å²) in [6.07, 6.45) is 1.62. The van der Waals surface area contributed by atoms with Crippen LogP contribution in [0.5, 0.6) is 0 Å². The lowest BCUT2D eigenvalue weighted by Crippen LogP contribution is -2.34. The van der Waals surface area contributed by atoms with Crippen LogP contribution < -0.4 is 4.90 Å². The van der Waals surface area contributed by atoms with E-state index in [2.05, 4.69) is 4.98 Å². The summed E-state index contributed by atoms with van der Waals surface area (Å²) in [6.45, 7) is 0.573. The van der Waals surface area contributed by atoms with Gasteiger partial charge < -0.3 is 4.74 Å². The Hall–Kier alpha value is -2.83. The van der Waals surface area contributed by atoms with Gasteiger partial charge in [-0.2, -0.15) is 0 Å². The number of thioether (sulfide) groups is 1. The van der Waals surface area contributed by atoms with Crippen molar-refractivity contribution < 1.29 is 13.9 Å². The second-order valence-corrected chi connectivity index (χ2v) is 8.05. The monoisotopic (exact) mass is 440 g/mol. The lowest BCUT2D eigenvalue weighted by molar-refractivity contribution is -0.118. The van der Waals surface area contributed by atoms with E-state index in [0.717, 1.165) is 16.2 Å². The lowest BCUT2D eigenvalue weighted by Gasteiger charge is -2.27. The highest BCUT2D eigenvalue weighted by Gasteiger charge is 2.29. The van der Waals surface area contributed by atoms with Crippen LogP contribution in [0, 0.1) is 5.82 Å². The highest BCUT2D eigenvalue weighted by Crippen LogP contribution is 2.36. The van der Waals surface area contributed by atoms with Gasteiger partial charge in [0.2, 0.25) is 0 Å². The van der Waals surface area contributed by atoms with E-state index in [1.807, 2.05) is 30.3 Å². The largest absolute Gasteiger partial charge is 0.486 e. The van der Waals surface area contributed by atoms with Crippen LogP contribution in [0.2, 0.25) is 5.02 Å². The third-order valence-electron chi connectivity index (χ3n) is 4.53. The van der Waals surface area contributed by atoms with Gasteiger partial charge in [-0.1, -0.05) is 54.1 Å². The molecule has 30 heavy (non-hydrogen) atoms. The fourth-order valence-corrected chi connectivity index (χ4v) is 4.27. The lowest BCUT2D eigenvalue weighted by atomic mass is 10.1. The number of halogens is 2. The Labute approximate surface area is 183 Å². The molecule has 0 saturated carbocycles. The molecule has 0 fully saturated rings. The van der Waals surface area contributed by atoms with Crippen LogP contribution >= 0.6 is 23.4 Å². The minimum Gasteiger partial charge on any atom is -0.486 e. The number of rotatable bonds is 5. The molecule has 1 aromatic heterocycles. The Balaban J connectivity index is 1.76. The minimum atomic E-state index is -0.430. The van der Waals surface area contributed by atoms with Gasteiger partial charge in [0.1, 0.15) is 11.6 Å². The molecular weight excluding hydrogens is 423 g/mol. The Morgan fingerprint density at radius 3 is 2.67 bits per heavy atom. The number of pyridine rings is 1. The van der Waals surface area contributed by atoms with Crippen molar-refractivity contribution in [2.45, 2.75) is 6.54 Å². The number of carbonyl (C=O) groups excluding carboxylic acids is 1. The summed E-state index contributed by atoms with van der Waals surface area (Å²) in [7, 11) is 0. The smallest absolute Gasteiger partial charge is 0.296 e. The zero-order chi connectivity index (χ0) is 20.9. The van der Waals surface area contributed by atoms with Crippen molar-refractivity contribution >= 4 is 40.0 Å². The van der Waals surface area contributed by atoms with Crippen molar-refractivity contribution in [2.24, 2.45) is 0 Å². The third kappa shape index (κ3) is 4.50. The first-order valence-electron chi connectivity index (χ1n) is 9.35. The Morgan fingerprint density at radius 2 is 1.93 bits per heavy atom. The number of amides is 1. The van der Waals surface area contributed by atoms with Crippen molar-refractivity contribution in [1.29, 1.82) is 0 Å². The van der Waals surface area contributed by atoms with E-state index < -0.39 is 5.82 Å². The highest BCUT2D eigenvalue weighted by molar-refractivity contribution is 8.08. The Morgan fingerprint density at radius 1 is 1.13 bits per heavy atom. The molecule has 1 amide bonds. The van der Waals surface area contributed by atoms with Crippen molar-refractivity contribution in [2.75, 3.05) is 17.3 Å². The molecule has 0 spiro atoms. The zero-order valence-corrected chi connectivity index (χ0v) is 17.5. The molecule has 152 valence electrons. The van der Waals surface area contributed by atoms with Crippen molar-refractivity contribution in [1.82, 2.24) is 4.98 Å². The second kappa shape index (κ2) is 9.32. The first kappa shape index (κ1) is 20.4. The van der Waals surface area contributed by atoms with Crippen molar-refractivity contribution in [3.63, 3.8) is 0 Å². The molecule has 0 aliphatic carbocycles.